The fourth-order valence-electron chi connectivity index (χ4n) is 2.12. The van der Waals surface area contributed by atoms with Crippen LogP contribution in [-0.2, 0) is 9.59 Å². The van der Waals surface area contributed by atoms with Gasteiger partial charge in [-0.25, -0.2) is 0 Å². The van der Waals surface area contributed by atoms with E-state index in [1.165, 1.54) is 4.90 Å². The predicted molar refractivity (Wildman–Crippen MR) is 61.6 cm³/mol. The number of amides is 2. The number of nitrogens with zero attached hydrogens (tertiary/aromatic N) is 1. The molecule has 1 aliphatic rings. The Morgan fingerprint density at radius 1 is 1.38 bits per heavy atom. The second-order valence-electron chi connectivity index (χ2n) is 4.42. The van der Waals surface area contributed by atoms with Crippen LogP contribution in [0.3, 0.4) is 0 Å². The Hall–Kier alpha value is -1.10. The van der Waals surface area contributed by atoms with Crippen LogP contribution in [0, 0.1) is 5.92 Å². The molecule has 1 aliphatic carbocycles. The summed E-state index contributed by atoms with van der Waals surface area (Å²) in [7, 11) is 3.21. The van der Waals surface area contributed by atoms with Gasteiger partial charge in [-0.15, -0.1) is 0 Å². The molecule has 1 fully saturated rings. The fraction of sp³-hybridized carbons (Fsp3) is 0.818. The molecule has 2 unspecified atom stereocenters. The molecule has 1 rings (SSSR count). The van der Waals surface area contributed by atoms with Gasteiger partial charge in [0, 0.05) is 20.1 Å². The molecule has 0 aromatic heterocycles. The highest BCUT2D eigenvalue weighted by molar-refractivity contribution is 5.85. The van der Waals surface area contributed by atoms with Crippen molar-refractivity contribution in [3.63, 3.8) is 0 Å². The van der Waals surface area contributed by atoms with Gasteiger partial charge in [0.15, 0.2) is 0 Å². The standard InChI is InChI=1S/C11H21N3O2/c1-13-10(15)7-14(2)11(16)8-5-3-4-6-9(8)12/h8-9H,3-7,12H2,1-2H3,(H,13,15). The van der Waals surface area contributed by atoms with Gasteiger partial charge in [-0.05, 0) is 12.8 Å². The number of nitrogens with one attached hydrogen (secondary N) is 1. The molecule has 0 heterocycles. The number of carbonyl (C=O) groups is 2. The third kappa shape index (κ3) is 3.20. The Morgan fingerprint density at radius 2 is 2.00 bits per heavy atom. The Balaban J connectivity index is 2.51. The minimum atomic E-state index is -0.153. The summed E-state index contributed by atoms with van der Waals surface area (Å²) in [5.74, 6) is -0.264. The van der Waals surface area contributed by atoms with E-state index in [0.717, 1.165) is 25.7 Å². The molecule has 0 bridgehead atoms. The van der Waals surface area contributed by atoms with E-state index >= 15 is 0 Å². The quantitative estimate of drug-likeness (QED) is 0.695. The maximum absolute atomic E-state index is 12.0. The van der Waals surface area contributed by atoms with Gasteiger partial charge in [-0.1, -0.05) is 12.8 Å². The van der Waals surface area contributed by atoms with E-state index < -0.39 is 0 Å². The van der Waals surface area contributed by atoms with Gasteiger partial charge in [-0.3, -0.25) is 9.59 Å². The number of likely N-dealkylation sites (N-methyl/N-ethyl adjacent to an activating group) is 2. The number of rotatable bonds is 3. The van der Waals surface area contributed by atoms with Crippen LogP contribution >= 0.6 is 0 Å². The molecule has 3 N–H and O–H groups in total. The molecule has 5 nitrogen and oxygen atoms in total. The number of hydrogen-bond donors (Lipinski definition) is 2. The molecule has 5 heteroatoms. The lowest BCUT2D eigenvalue weighted by atomic mass is 9.84. The highest BCUT2D eigenvalue weighted by Gasteiger charge is 2.30. The zero-order valence-corrected chi connectivity index (χ0v) is 10.0. The third-order valence-electron chi connectivity index (χ3n) is 3.17. The lowest BCUT2D eigenvalue weighted by Gasteiger charge is -2.30. The average Bonchev–Trinajstić information content (AvgIpc) is 2.28. The van der Waals surface area contributed by atoms with Crippen LogP contribution in [0.2, 0.25) is 0 Å². The highest BCUT2D eigenvalue weighted by Crippen LogP contribution is 2.24. The molecule has 0 aliphatic heterocycles. The molecule has 16 heavy (non-hydrogen) atoms. The van der Waals surface area contributed by atoms with Crippen LogP contribution in [0.15, 0.2) is 0 Å². The second kappa shape index (κ2) is 5.84. The average molecular weight is 227 g/mol. The maximum atomic E-state index is 12.0. The van der Waals surface area contributed by atoms with E-state index in [-0.39, 0.29) is 30.3 Å². The summed E-state index contributed by atoms with van der Waals surface area (Å²) < 4.78 is 0. The molecule has 2 atom stereocenters. The molecule has 1 saturated carbocycles. The number of nitrogens with two attached hydrogens (primary N) is 1. The van der Waals surface area contributed by atoms with Gasteiger partial charge in [0.25, 0.3) is 0 Å². The normalized spacial score (nSPS) is 24.9. The lowest BCUT2D eigenvalue weighted by Crippen LogP contribution is -2.46. The molecule has 0 aromatic rings. The number of carbonyl (C=O) groups excluding carboxylic acids is 2. The van der Waals surface area contributed by atoms with E-state index in [0.29, 0.717) is 0 Å². The first-order chi connectivity index (χ1) is 7.56. The van der Waals surface area contributed by atoms with Crippen LogP contribution in [0.25, 0.3) is 0 Å². The topological polar surface area (TPSA) is 75.4 Å². The van der Waals surface area contributed by atoms with Crippen LogP contribution < -0.4 is 11.1 Å². The van der Waals surface area contributed by atoms with Gasteiger partial charge in [0.05, 0.1) is 12.5 Å². The van der Waals surface area contributed by atoms with Crippen molar-refractivity contribution in [3.05, 3.63) is 0 Å². The summed E-state index contributed by atoms with van der Waals surface area (Å²) in [6, 6.07) is -0.0478. The minimum Gasteiger partial charge on any atom is -0.358 e. The van der Waals surface area contributed by atoms with Crippen molar-refractivity contribution in [1.29, 1.82) is 0 Å². The summed E-state index contributed by atoms with van der Waals surface area (Å²) in [4.78, 5) is 24.6. The van der Waals surface area contributed by atoms with Crippen LogP contribution in [0.1, 0.15) is 25.7 Å². The molecular formula is C11H21N3O2. The highest BCUT2D eigenvalue weighted by atomic mass is 16.2. The maximum Gasteiger partial charge on any atom is 0.239 e. The van der Waals surface area contributed by atoms with E-state index in [1.807, 2.05) is 0 Å². The SMILES string of the molecule is CNC(=O)CN(C)C(=O)C1CCCCC1N. The molecular weight excluding hydrogens is 206 g/mol. The van der Waals surface area contributed by atoms with E-state index in [2.05, 4.69) is 5.32 Å². The van der Waals surface area contributed by atoms with Crippen molar-refractivity contribution >= 4 is 11.8 Å². The summed E-state index contributed by atoms with van der Waals surface area (Å²) in [5.41, 5.74) is 5.93. The monoisotopic (exact) mass is 227 g/mol. The van der Waals surface area contributed by atoms with Gasteiger partial charge in [0.2, 0.25) is 11.8 Å². The van der Waals surface area contributed by atoms with Crippen LogP contribution in [-0.4, -0.2) is 43.4 Å². The smallest absolute Gasteiger partial charge is 0.239 e. The Bertz CT molecular complexity index is 268. The summed E-state index contributed by atoms with van der Waals surface area (Å²) in [5, 5.41) is 2.50. The van der Waals surface area contributed by atoms with Crippen molar-refractivity contribution in [1.82, 2.24) is 10.2 Å². The molecule has 0 saturated heterocycles. The minimum absolute atomic E-state index is 0.00389. The summed E-state index contributed by atoms with van der Waals surface area (Å²) in [6.07, 6.45) is 3.91. The van der Waals surface area contributed by atoms with E-state index in [9.17, 15) is 9.59 Å². The van der Waals surface area contributed by atoms with Gasteiger partial charge >= 0.3 is 0 Å². The molecule has 0 spiro atoms. The Morgan fingerprint density at radius 3 is 2.56 bits per heavy atom. The number of hydrogen-bond acceptors (Lipinski definition) is 3. The lowest BCUT2D eigenvalue weighted by molar-refractivity contribution is -0.139. The Labute approximate surface area is 96.4 Å². The van der Waals surface area contributed by atoms with Crippen molar-refractivity contribution in [3.8, 4) is 0 Å². The first kappa shape index (κ1) is 13.0. The molecule has 0 radical (unpaired) electrons. The fourth-order valence-corrected chi connectivity index (χ4v) is 2.12. The van der Waals surface area contributed by atoms with Crippen molar-refractivity contribution in [2.45, 2.75) is 31.7 Å². The van der Waals surface area contributed by atoms with E-state index in [4.69, 9.17) is 5.73 Å². The van der Waals surface area contributed by atoms with Crippen LogP contribution in [0.5, 0.6) is 0 Å². The third-order valence-corrected chi connectivity index (χ3v) is 3.17. The van der Waals surface area contributed by atoms with Gasteiger partial charge < -0.3 is 16.0 Å². The first-order valence-electron chi connectivity index (χ1n) is 5.77. The van der Waals surface area contributed by atoms with Crippen molar-refractivity contribution < 1.29 is 9.59 Å². The van der Waals surface area contributed by atoms with Crippen LogP contribution in [0.4, 0.5) is 0 Å². The van der Waals surface area contributed by atoms with Crippen molar-refractivity contribution in [2.24, 2.45) is 11.7 Å². The zero-order chi connectivity index (χ0) is 12.1. The molecule has 0 aromatic carbocycles. The van der Waals surface area contributed by atoms with Gasteiger partial charge in [0.1, 0.15) is 0 Å². The largest absolute Gasteiger partial charge is 0.358 e. The molecule has 2 amide bonds. The van der Waals surface area contributed by atoms with Gasteiger partial charge in [-0.2, -0.15) is 0 Å². The predicted octanol–water partition coefficient (Wildman–Crippen LogP) is -0.292. The summed E-state index contributed by atoms with van der Waals surface area (Å²) >= 11 is 0. The molecule has 92 valence electrons. The first-order valence-corrected chi connectivity index (χ1v) is 5.77. The second-order valence-corrected chi connectivity index (χ2v) is 4.42. The Kier molecular flexibility index (Phi) is 4.73. The van der Waals surface area contributed by atoms with E-state index in [1.54, 1.807) is 14.1 Å². The van der Waals surface area contributed by atoms with Crippen molar-refractivity contribution in [2.75, 3.05) is 20.6 Å². The zero-order valence-electron chi connectivity index (χ0n) is 10.0. The summed E-state index contributed by atoms with van der Waals surface area (Å²) in [6.45, 7) is 0.110.